The number of carbonyl (C=O) groups is 1. The Morgan fingerprint density at radius 2 is 2.00 bits per heavy atom. The first-order valence-corrected chi connectivity index (χ1v) is 12.7. The fraction of sp³-hybridized carbons (Fsp3) is 0.682. The summed E-state index contributed by atoms with van der Waals surface area (Å²) in [4.78, 5) is 11.1. The molecule has 3 atom stereocenters. The topological polar surface area (TPSA) is 95.5 Å². The van der Waals surface area contributed by atoms with Crippen LogP contribution in [0, 0.1) is 5.92 Å². The van der Waals surface area contributed by atoms with E-state index >= 15 is 0 Å². The molecule has 0 radical (unpaired) electrons. The molecule has 1 saturated carbocycles. The Morgan fingerprint density at radius 1 is 1.24 bits per heavy atom. The van der Waals surface area contributed by atoms with Gasteiger partial charge in [-0.1, -0.05) is 57.2 Å². The van der Waals surface area contributed by atoms with Gasteiger partial charge in [-0.2, -0.15) is 0 Å². The molecule has 0 spiro atoms. The minimum absolute atomic E-state index is 0.0360. The molecule has 0 saturated heterocycles. The van der Waals surface area contributed by atoms with Crippen LogP contribution in [0.4, 0.5) is 0 Å². The van der Waals surface area contributed by atoms with E-state index in [1.54, 1.807) is 0 Å². The number of nitrogens with one attached hydrogen (secondary N) is 2. The largest absolute Gasteiger partial charge is 0.390 e. The SMILES string of the molecule is CCc1ccc2c(c1)[C@@H](NC[C@@H](O)C(CC1CCCCC1)NC=O)CS(=O)(=O)C2. The van der Waals surface area contributed by atoms with Crippen LogP contribution in [0.5, 0.6) is 0 Å². The first kappa shape index (κ1) is 22.2. The minimum Gasteiger partial charge on any atom is -0.390 e. The molecule has 1 amide bonds. The minimum atomic E-state index is -3.18. The Kier molecular flexibility index (Phi) is 7.71. The van der Waals surface area contributed by atoms with Gasteiger partial charge in [-0.3, -0.25) is 4.79 Å². The van der Waals surface area contributed by atoms with Gasteiger partial charge in [0.2, 0.25) is 6.41 Å². The Morgan fingerprint density at radius 3 is 2.69 bits per heavy atom. The monoisotopic (exact) mass is 422 g/mol. The van der Waals surface area contributed by atoms with Crippen LogP contribution in [0.15, 0.2) is 18.2 Å². The molecule has 1 heterocycles. The highest BCUT2D eigenvalue weighted by molar-refractivity contribution is 7.90. The second-order valence-corrected chi connectivity index (χ2v) is 10.7. The Labute approximate surface area is 174 Å². The van der Waals surface area contributed by atoms with Crippen LogP contribution in [0.1, 0.15) is 68.2 Å². The first-order valence-electron chi connectivity index (χ1n) is 10.8. The average Bonchev–Trinajstić information content (AvgIpc) is 2.71. The lowest BCUT2D eigenvalue weighted by Crippen LogP contribution is -2.47. The van der Waals surface area contributed by atoms with Crippen LogP contribution < -0.4 is 10.6 Å². The molecular formula is C22H34N2O4S. The molecule has 1 fully saturated rings. The van der Waals surface area contributed by atoms with Gasteiger partial charge in [-0.05, 0) is 35.4 Å². The Hall–Kier alpha value is -1.44. The Bertz CT molecular complexity index is 790. The highest BCUT2D eigenvalue weighted by Gasteiger charge is 2.31. The number of aliphatic hydroxyl groups excluding tert-OH is 1. The smallest absolute Gasteiger partial charge is 0.207 e. The van der Waals surface area contributed by atoms with Gasteiger partial charge in [0.15, 0.2) is 9.84 Å². The second-order valence-electron chi connectivity index (χ2n) is 8.60. The lowest BCUT2D eigenvalue weighted by molar-refractivity contribution is -0.111. The van der Waals surface area contributed by atoms with Crippen molar-refractivity contribution in [2.45, 2.75) is 75.8 Å². The van der Waals surface area contributed by atoms with Gasteiger partial charge in [-0.15, -0.1) is 0 Å². The fourth-order valence-corrected chi connectivity index (χ4v) is 6.40. The molecule has 6 nitrogen and oxygen atoms in total. The molecule has 1 aromatic carbocycles. The number of fused-ring (bicyclic) bond motifs is 1. The second kappa shape index (κ2) is 10.0. The molecule has 2 aliphatic rings. The number of sulfone groups is 1. The van der Waals surface area contributed by atoms with Crippen molar-refractivity contribution in [3.63, 3.8) is 0 Å². The Balaban J connectivity index is 1.67. The van der Waals surface area contributed by atoms with Gasteiger partial charge in [0.1, 0.15) is 0 Å². The molecule has 1 aliphatic carbocycles. The van der Waals surface area contributed by atoms with Crippen LogP contribution in [-0.2, 0) is 26.8 Å². The molecule has 0 bridgehead atoms. The van der Waals surface area contributed by atoms with Crippen molar-refractivity contribution in [3.05, 3.63) is 34.9 Å². The standard InChI is InChI=1S/C22H34N2O4S/c1-2-16-8-9-18-13-29(27,28)14-21(19(18)10-16)23-12-22(26)20(24-15-25)11-17-6-4-3-5-7-17/h8-10,15,17,20-23,26H,2-7,11-14H2,1H3,(H,24,25)/t20?,21-,22+/m0/s1. The third-order valence-electron chi connectivity index (χ3n) is 6.42. The van der Waals surface area contributed by atoms with E-state index in [1.807, 2.05) is 12.1 Å². The van der Waals surface area contributed by atoms with Gasteiger partial charge in [0.25, 0.3) is 0 Å². The quantitative estimate of drug-likeness (QED) is 0.531. The number of aliphatic hydroxyl groups is 1. The van der Waals surface area contributed by atoms with Gasteiger partial charge in [0.05, 0.1) is 23.7 Å². The van der Waals surface area contributed by atoms with Crippen LogP contribution >= 0.6 is 0 Å². The van der Waals surface area contributed by atoms with Crippen molar-refractivity contribution in [2.75, 3.05) is 12.3 Å². The van der Waals surface area contributed by atoms with E-state index < -0.39 is 15.9 Å². The molecular weight excluding hydrogens is 388 g/mol. The summed E-state index contributed by atoms with van der Waals surface area (Å²) in [6, 6.07) is 5.33. The molecule has 0 aromatic heterocycles. The molecule has 1 unspecified atom stereocenters. The zero-order valence-corrected chi connectivity index (χ0v) is 18.1. The van der Waals surface area contributed by atoms with Crippen molar-refractivity contribution in [1.29, 1.82) is 0 Å². The van der Waals surface area contributed by atoms with Crippen molar-refractivity contribution < 1.29 is 18.3 Å². The predicted octanol–water partition coefficient (Wildman–Crippen LogP) is 2.25. The lowest BCUT2D eigenvalue weighted by atomic mass is 9.83. The maximum atomic E-state index is 12.4. The van der Waals surface area contributed by atoms with E-state index in [4.69, 9.17) is 0 Å². The molecule has 1 aromatic rings. The normalized spacial score (nSPS) is 23.7. The molecule has 162 valence electrons. The number of rotatable bonds is 9. The van der Waals surface area contributed by atoms with Crippen molar-refractivity contribution in [2.24, 2.45) is 5.92 Å². The molecule has 29 heavy (non-hydrogen) atoms. The first-order chi connectivity index (χ1) is 13.9. The highest BCUT2D eigenvalue weighted by Crippen LogP contribution is 2.30. The van der Waals surface area contributed by atoms with E-state index in [1.165, 1.54) is 24.8 Å². The third-order valence-corrected chi connectivity index (χ3v) is 8.01. The zero-order valence-electron chi connectivity index (χ0n) is 17.3. The van der Waals surface area contributed by atoms with Crippen LogP contribution in [0.3, 0.4) is 0 Å². The number of aryl methyl sites for hydroxylation is 1. The van der Waals surface area contributed by atoms with Crippen molar-refractivity contribution in [3.8, 4) is 0 Å². The highest BCUT2D eigenvalue weighted by atomic mass is 32.2. The summed E-state index contributed by atoms with van der Waals surface area (Å²) >= 11 is 0. The van der Waals surface area contributed by atoms with Crippen LogP contribution in [0.2, 0.25) is 0 Å². The third kappa shape index (κ3) is 6.03. The van der Waals surface area contributed by atoms with E-state index in [0.717, 1.165) is 36.8 Å². The predicted molar refractivity (Wildman–Crippen MR) is 114 cm³/mol. The van der Waals surface area contributed by atoms with E-state index in [-0.39, 0.29) is 30.1 Å². The van der Waals surface area contributed by atoms with E-state index in [9.17, 15) is 18.3 Å². The van der Waals surface area contributed by atoms with Crippen LogP contribution in [-0.4, -0.2) is 44.4 Å². The molecule has 3 N–H and O–H groups in total. The average molecular weight is 423 g/mol. The fourth-order valence-electron chi connectivity index (χ4n) is 4.74. The number of hydrogen-bond donors (Lipinski definition) is 3. The summed E-state index contributed by atoms with van der Waals surface area (Å²) in [5.74, 6) is 0.636. The maximum Gasteiger partial charge on any atom is 0.207 e. The number of carbonyl (C=O) groups excluding carboxylic acids is 1. The summed E-state index contributed by atoms with van der Waals surface area (Å²) in [6.07, 6.45) is 7.53. The summed E-state index contributed by atoms with van der Waals surface area (Å²) in [6.45, 7) is 2.32. The van der Waals surface area contributed by atoms with Gasteiger partial charge >= 0.3 is 0 Å². The number of benzene rings is 1. The van der Waals surface area contributed by atoms with E-state index in [2.05, 4.69) is 23.6 Å². The summed E-state index contributed by atoms with van der Waals surface area (Å²) < 4.78 is 24.7. The van der Waals surface area contributed by atoms with E-state index in [0.29, 0.717) is 12.3 Å². The van der Waals surface area contributed by atoms with Crippen molar-refractivity contribution in [1.82, 2.24) is 10.6 Å². The summed E-state index contributed by atoms with van der Waals surface area (Å²) in [7, 11) is -3.18. The summed E-state index contributed by atoms with van der Waals surface area (Å²) in [5.41, 5.74) is 3.02. The number of hydrogen-bond acceptors (Lipinski definition) is 5. The number of amides is 1. The molecule has 7 heteroatoms. The summed E-state index contributed by atoms with van der Waals surface area (Å²) in [5, 5.41) is 16.8. The van der Waals surface area contributed by atoms with Gasteiger partial charge in [-0.25, -0.2) is 8.42 Å². The molecule has 3 rings (SSSR count). The lowest BCUT2D eigenvalue weighted by Gasteiger charge is -2.31. The zero-order chi connectivity index (χ0) is 20.9. The van der Waals surface area contributed by atoms with Crippen molar-refractivity contribution >= 4 is 16.2 Å². The van der Waals surface area contributed by atoms with Crippen LogP contribution in [0.25, 0.3) is 0 Å². The van der Waals surface area contributed by atoms with Gasteiger partial charge in [0, 0.05) is 12.6 Å². The maximum absolute atomic E-state index is 12.4. The molecule has 1 aliphatic heterocycles. The van der Waals surface area contributed by atoms with Gasteiger partial charge < -0.3 is 15.7 Å².